The van der Waals surface area contributed by atoms with Crippen LogP contribution >= 0.6 is 19.4 Å². The van der Waals surface area contributed by atoms with Crippen LogP contribution < -0.4 is 0 Å². The molecule has 1 saturated heterocycles. The van der Waals surface area contributed by atoms with Gasteiger partial charge >= 0.3 is 7.60 Å². The lowest BCUT2D eigenvalue weighted by Gasteiger charge is -2.43. The molecule has 3 nitrogen and oxygen atoms in total. The average molecular weight is 318 g/mol. The van der Waals surface area contributed by atoms with Gasteiger partial charge in [-0.2, -0.15) is 0 Å². The van der Waals surface area contributed by atoms with Gasteiger partial charge in [-0.25, -0.2) is 0 Å². The SMILES string of the molecule is CCOP(=O)(OCC)C1S[C@@]12C(C)(C)[C@H]1CC[C@]2(C)C1. The van der Waals surface area contributed by atoms with E-state index in [4.69, 9.17) is 9.05 Å². The predicted octanol–water partition coefficient (Wildman–Crippen LogP) is 4.91. The van der Waals surface area contributed by atoms with Gasteiger partial charge in [-0.05, 0) is 49.9 Å². The highest BCUT2D eigenvalue weighted by Crippen LogP contribution is 2.90. The first-order valence-corrected chi connectivity index (χ1v) is 10.3. The molecule has 1 spiro atoms. The standard InChI is InChI=1S/C15H27O3PS/c1-6-17-19(16,18-7-2)12-15(20-12)13(3,4)11-8-9-14(15,5)10-11/h11-12H,6-10H2,1-5H3/t11-,12?,14+,15+/m0/s1. The van der Waals surface area contributed by atoms with Gasteiger partial charge in [0.25, 0.3) is 0 Å². The molecule has 116 valence electrons. The van der Waals surface area contributed by atoms with Crippen molar-refractivity contribution in [3.63, 3.8) is 0 Å². The average Bonchev–Trinajstić information content (AvgIpc) is 2.99. The molecule has 2 bridgehead atoms. The van der Waals surface area contributed by atoms with E-state index in [0.717, 1.165) is 5.92 Å². The fraction of sp³-hybridized carbons (Fsp3) is 1.00. The van der Waals surface area contributed by atoms with Crippen LogP contribution in [0.5, 0.6) is 0 Å². The minimum Gasteiger partial charge on any atom is -0.308 e. The predicted molar refractivity (Wildman–Crippen MR) is 84.2 cm³/mol. The van der Waals surface area contributed by atoms with E-state index < -0.39 is 7.60 Å². The van der Waals surface area contributed by atoms with Crippen molar-refractivity contribution in [1.29, 1.82) is 0 Å². The Hall–Kier alpha value is 0.500. The van der Waals surface area contributed by atoms with E-state index in [0.29, 0.717) is 18.6 Å². The summed E-state index contributed by atoms with van der Waals surface area (Å²) in [5.41, 5.74) is 0.541. The molecule has 0 aromatic heterocycles. The molecule has 1 heterocycles. The second kappa shape index (κ2) is 4.50. The summed E-state index contributed by atoms with van der Waals surface area (Å²) >= 11 is 1.89. The van der Waals surface area contributed by atoms with Crippen molar-refractivity contribution in [1.82, 2.24) is 0 Å². The minimum atomic E-state index is -2.98. The maximum atomic E-state index is 13.2. The van der Waals surface area contributed by atoms with Gasteiger partial charge in [-0.1, -0.05) is 20.8 Å². The molecule has 0 aromatic rings. The summed E-state index contributed by atoms with van der Waals surface area (Å²) in [6.07, 6.45) is 3.87. The summed E-state index contributed by atoms with van der Waals surface area (Å²) in [6.45, 7) is 11.9. The van der Waals surface area contributed by atoms with Gasteiger partial charge in [-0.15, -0.1) is 11.8 Å². The minimum absolute atomic E-state index is 0.0419. The number of hydrogen-bond acceptors (Lipinski definition) is 4. The summed E-state index contributed by atoms with van der Waals surface area (Å²) in [5, 5.41) is 0. The molecule has 1 aliphatic heterocycles. The lowest BCUT2D eigenvalue weighted by atomic mass is 9.64. The molecule has 0 N–H and O–H groups in total. The van der Waals surface area contributed by atoms with E-state index in [1.807, 2.05) is 25.6 Å². The number of hydrogen-bond donors (Lipinski definition) is 0. The zero-order valence-corrected chi connectivity index (χ0v) is 15.0. The van der Waals surface area contributed by atoms with Gasteiger partial charge < -0.3 is 9.05 Å². The molecule has 3 fully saturated rings. The molecular weight excluding hydrogens is 291 g/mol. The molecule has 2 aliphatic carbocycles. The lowest BCUT2D eigenvalue weighted by Crippen LogP contribution is -2.45. The van der Waals surface area contributed by atoms with Crippen LogP contribution in [0.3, 0.4) is 0 Å². The Bertz CT molecular complexity index is 449. The van der Waals surface area contributed by atoms with Gasteiger partial charge in [-0.3, -0.25) is 4.57 Å². The van der Waals surface area contributed by atoms with Crippen LogP contribution in [0.25, 0.3) is 0 Å². The smallest absolute Gasteiger partial charge is 0.308 e. The fourth-order valence-electron chi connectivity index (χ4n) is 5.15. The van der Waals surface area contributed by atoms with Crippen LogP contribution in [0.4, 0.5) is 0 Å². The summed E-state index contributed by atoms with van der Waals surface area (Å²) in [5.74, 6) is 0.765. The van der Waals surface area contributed by atoms with Crippen LogP contribution in [0, 0.1) is 16.7 Å². The molecule has 0 radical (unpaired) electrons. The topological polar surface area (TPSA) is 35.5 Å². The molecule has 3 aliphatic rings. The first kappa shape index (κ1) is 15.4. The van der Waals surface area contributed by atoms with Gasteiger partial charge in [0, 0.05) is 0 Å². The third kappa shape index (κ3) is 1.66. The van der Waals surface area contributed by atoms with Crippen LogP contribution in [0.15, 0.2) is 0 Å². The van der Waals surface area contributed by atoms with Gasteiger partial charge in [0.2, 0.25) is 0 Å². The highest BCUT2D eigenvalue weighted by molar-refractivity contribution is 8.15. The van der Waals surface area contributed by atoms with E-state index in [9.17, 15) is 4.57 Å². The zero-order valence-electron chi connectivity index (χ0n) is 13.3. The molecule has 5 heteroatoms. The summed E-state index contributed by atoms with van der Waals surface area (Å²) in [4.78, 5) is 0.0419. The monoisotopic (exact) mass is 318 g/mol. The maximum Gasteiger partial charge on any atom is 0.344 e. The van der Waals surface area contributed by atoms with Crippen molar-refractivity contribution in [2.45, 2.75) is 63.6 Å². The number of rotatable bonds is 5. The van der Waals surface area contributed by atoms with Crippen molar-refractivity contribution >= 4 is 19.4 Å². The summed E-state index contributed by atoms with van der Waals surface area (Å²) in [7, 11) is -2.98. The van der Waals surface area contributed by atoms with Crippen LogP contribution in [0.1, 0.15) is 53.9 Å². The van der Waals surface area contributed by atoms with Gasteiger partial charge in [0.1, 0.15) is 4.99 Å². The second-order valence-electron chi connectivity index (χ2n) is 7.30. The Morgan fingerprint density at radius 3 is 2.25 bits per heavy atom. The molecule has 0 amide bonds. The highest BCUT2D eigenvalue weighted by atomic mass is 32.2. The van der Waals surface area contributed by atoms with Crippen LogP contribution in [-0.4, -0.2) is 23.0 Å². The van der Waals surface area contributed by atoms with E-state index >= 15 is 0 Å². The Kier molecular flexibility index (Phi) is 3.47. The summed E-state index contributed by atoms with van der Waals surface area (Å²) in [6, 6.07) is 0. The molecule has 1 unspecified atom stereocenters. The Labute approximate surface area is 127 Å². The quantitative estimate of drug-likeness (QED) is 0.533. The van der Waals surface area contributed by atoms with E-state index in [1.165, 1.54) is 19.3 Å². The van der Waals surface area contributed by atoms with E-state index in [1.54, 1.807) is 0 Å². The molecule has 4 atom stereocenters. The third-order valence-electron chi connectivity index (χ3n) is 6.11. The molecule has 0 aromatic carbocycles. The largest absolute Gasteiger partial charge is 0.344 e. The van der Waals surface area contributed by atoms with Crippen molar-refractivity contribution in [2.24, 2.45) is 16.7 Å². The van der Waals surface area contributed by atoms with Crippen molar-refractivity contribution < 1.29 is 13.6 Å². The van der Waals surface area contributed by atoms with Crippen molar-refractivity contribution in [3.05, 3.63) is 0 Å². The number of thioether (sulfide) groups is 1. The third-order valence-corrected chi connectivity index (χ3v) is 11.5. The Morgan fingerprint density at radius 2 is 1.80 bits per heavy atom. The molecule has 20 heavy (non-hydrogen) atoms. The highest BCUT2D eigenvalue weighted by Gasteiger charge is 2.83. The second-order valence-corrected chi connectivity index (χ2v) is 11.1. The zero-order chi connectivity index (χ0) is 14.8. The first-order chi connectivity index (χ1) is 9.27. The van der Waals surface area contributed by atoms with E-state index in [2.05, 4.69) is 20.8 Å². The van der Waals surface area contributed by atoms with Crippen LogP contribution in [0.2, 0.25) is 0 Å². The Balaban J connectivity index is 1.95. The maximum absolute atomic E-state index is 13.2. The molecule has 3 rings (SSSR count). The van der Waals surface area contributed by atoms with E-state index in [-0.39, 0.29) is 15.2 Å². The van der Waals surface area contributed by atoms with Gasteiger partial charge in [0.15, 0.2) is 0 Å². The Morgan fingerprint density at radius 1 is 1.20 bits per heavy atom. The lowest BCUT2D eigenvalue weighted by molar-refractivity contribution is 0.131. The normalized spacial score (nSPS) is 45.2. The fourth-order valence-corrected chi connectivity index (χ4v) is 10.9. The molecule has 2 saturated carbocycles. The van der Waals surface area contributed by atoms with Crippen molar-refractivity contribution in [3.8, 4) is 0 Å². The summed E-state index contributed by atoms with van der Waals surface area (Å²) < 4.78 is 24.6. The van der Waals surface area contributed by atoms with Crippen LogP contribution in [-0.2, 0) is 13.6 Å². The van der Waals surface area contributed by atoms with Crippen molar-refractivity contribution in [2.75, 3.05) is 13.2 Å². The first-order valence-electron chi connectivity index (χ1n) is 7.84. The van der Waals surface area contributed by atoms with Gasteiger partial charge in [0.05, 0.1) is 18.0 Å². The number of fused-ring (bicyclic) bond motifs is 3. The molecular formula is C15H27O3PS.